The highest BCUT2D eigenvalue weighted by Gasteiger charge is 2.34. The predicted molar refractivity (Wildman–Crippen MR) is 137 cm³/mol. The Morgan fingerprint density at radius 3 is 2.42 bits per heavy atom. The number of Topliss-reactive ketones (excluding diaryl/α,β-unsaturated/α-hetero) is 1. The standard InChI is InChI=1S/C27H28N2O9/c1-28(2)9-6-10-29-15-16(19-12-17(33-3)7-8-20(19)29)11-23-25(30)24-21(37-23)13-18(36-26(31)34-4)14-22(24)38-27(32)35-5/h7-8,11-15H,6,9-10H2,1-5H3/b23-11-. The molecular weight excluding hydrogens is 496 g/mol. The Hall–Kier alpha value is -4.51. The van der Waals surface area contributed by atoms with Crippen molar-refractivity contribution in [1.82, 2.24) is 9.47 Å². The van der Waals surface area contributed by atoms with Gasteiger partial charge in [0.05, 0.1) is 21.3 Å². The number of aryl methyl sites for hydroxylation is 1. The van der Waals surface area contributed by atoms with E-state index in [2.05, 4.69) is 18.9 Å². The molecule has 0 saturated heterocycles. The first-order valence-corrected chi connectivity index (χ1v) is 11.7. The molecule has 2 heterocycles. The molecule has 0 fully saturated rings. The summed E-state index contributed by atoms with van der Waals surface area (Å²) in [5, 5.41) is 0.870. The number of benzene rings is 2. The van der Waals surface area contributed by atoms with Crippen LogP contribution in [0.2, 0.25) is 0 Å². The second-order valence-corrected chi connectivity index (χ2v) is 8.66. The van der Waals surface area contributed by atoms with Gasteiger partial charge in [0, 0.05) is 41.3 Å². The van der Waals surface area contributed by atoms with E-state index < -0.39 is 18.1 Å². The number of carbonyl (C=O) groups is 3. The van der Waals surface area contributed by atoms with Gasteiger partial charge in [-0.05, 0) is 51.3 Å². The number of fused-ring (bicyclic) bond motifs is 2. The Labute approximate surface area is 219 Å². The molecule has 0 aliphatic carbocycles. The Morgan fingerprint density at radius 2 is 1.74 bits per heavy atom. The van der Waals surface area contributed by atoms with Crippen LogP contribution in [0.25, 0.3) is 17.0 Å². The molecule has 1 aliphatic rings. The van der Waals surface area contributed by atoms with E-state index in [1.807, 2.05) is 38.5 Å². The van der Waals surface area contributed by atoms with Crippen molar-refractivity contribution in [3.05, 3.63) is 53.4 Å². The zero-order valence-electron chi connectivity index (χ0n) is 21.7. The Morgan fingerprint density at radius 1 is 1.00 bits per heavy atom. The van der Waals surface area contributed by atoms with Gasteiger partial charge in [0.2, 0.25) is 5.78 Å². The summed E-state index contributed by atoms with van der Waals surface area (Å²) >= 11 is 0. The summed E-state index contributed by atoms with van der Waals surface area (Å²) < 4.78 is 32.7. The number of ether oxygens (including phenoxy) is 6. The number of nitrogens with zero attached hydrogens (tertiary/aromatic N) is 2. The number of hydrogen-bond donors (Lipinski definition) is 0. The topological polar surface area (TPSA) is 115 Å². The highest BCUT2D eigenvalue weighted by atomic mass is 16.7. The molecule has 0 N–H and O–H groups in total. The maximum atomic E-state index is 13.4. The molecule has 200 valence electrons. The zero-order valence-corrected chi connectivity index (χ0v) is 21.7. The molecule has 0 saturated carbocycles. The van der Waals surface area contributed by atoms with Crippen LogP contribution in [0, 0.1) is 0 Å². The average Bonchev–Trinajstić information content (AvgIpc) is 3.40. The van der Waals surface area contributed by atoms with Crippen molar-refractivity contribution in [2.24, 2.45) is 0 Å². The van der Waals surface area contributed by atoms with Gasteiger partial charge in [-0.15, -0.1) is 0 Å². The van der Waals surface area contributed by atoms with Gasteiger partial charge < -0.3 is 37.9 Å². The highest BCUT2D eigenvalue weighted by Crippen LogP contribution is 2.42. The number of carbonyl (C=O) groups excluding carboxylic acids is 3. The van der Waals surface area contributed by atoms with E-state index in [0.717, 1.165) is 50.2 Å². The second kappa shape index (κ2) is 11.3. The minimum Gasteiger partial charge on any atom is -0.497 e. The first-order valence-electron chi connectivity index (χ1n) is 11.7. The normalized spacial score (nSPS) is 13.4. The third-order valence-electron chi connectivity index (χ3n) is 5.85. The smallest absolute Gasteiger partial charge is 0.497 e. The summed E-state index contributed by atoms with van der Waals surface area (Å²) in [6, 6.07) is 8.29. The number of aromatic nitrogens is 1. The fourth-order valence-corrected chi connectivity index (χ4v) is 4.09. The van der Waals surface area contributed by atoms with Crippen molar-refractivity contribution in [3.63, 3.8) is 0 Å². The van der Waals surface area contributed by atoms with Gasteiger partial charge in [-0.2, -0.15) is 0 Å². The van der Waals surface area contributed by atoms with E-state index in [9.17, 15) is 14.4 Å². The van der Waals surface area contributed by atoms with Crippen LogP contribution >= 0.6 is 0 Å². The Bertz CT molecular complexity index is 1420. The first kappa shape index (κ1) is 26.6. The van der Waals surface area contributed by atoms with Crippen LogP contribution in [0.3, 0.4) is 0 Å². The van der Waals surface area contributed by atoms with E-state index >= 15 is 0 Å². The molecule has 11 nitrogen and oxygen atoms in total. The molecule has 4 rings (SSSR count). The van der Waals surface area contributed by atoms with Crippen LogP contribution in [-0.4, -0.2) is 69.5 Å². The van der Waals surface area contributed by atoms with Crippen LogP contribution in [0.4, 0.5) is 9.59 Å². The molecule has 3 aromatic rings. The monoisotopic (exact) mass is 524 g/mol. The fourth-order valence-electron chi connectivity index (χ4n) is 4.09. The van der Waals surface area contributed by atoms with Crippen LogP contribution in [0.5, 0.6) is 23.0 Å². The molecule has 0 atom stereocenters. The first-order chi connectivity index (χ1) is 18.2. The van der Waals surface area contributed by atoms with E-state index in [4.69, 9.17) is 18.9 Å². The van der Waals surface area contributed by atoms with Gasteiger partial charge in [0.1, 0.15) is 22.8 Å². The lowest BCUT2D eigenvalue weighted by molar-refractivity contribution is 0.101. The van der Waals surface area contributed by atoms with Crippen LogP contribution < -0.4 is 18.9 Å². The van der Waals surface area contributed by atoms with Crippen molar-refractivity contribution in [2.75, 3.05) is 42.0 Å². The van der Waals surface area contributed by atoms with Gasteiger partial charge in [0.15, 0.2) is 11.5 Å². The summed E-state index contributed by atoms with van der Waals surface area (Å²) in [6.45, 7) is 1.69. The molecule has 0 radical (unpaired) electrons. The molecule has 1 aromatic heterocycles. The maximum Gasteiger partial charge on any atom is 0.513 e. The molecule has 0 bridgehead atoms. The zero-order chi connectivity index (χ0) is 27.4. The molecule has 0 spiro atoms. The Kier molecular flexibility index (Phi) is 7.87. The van der Waals surface area contributed by atoms with Crippen molar-refractivity contribution in [1.29, 1.82) is 0 Å². The lowest BCUT2D eigenvalue weighted by Gasteiger charge is -2.10. The largest absolute Gasteiger partial charge is 0.513 e. The maximum absolute atomic E-state index is 13.4. The average molecular weight is 525 g/mol. The summed E-state index contributed by atoms with van der Waals surface area (Å²) in [7, 11) is 7.91. The highest BCUT2D eigenvalue weighted by molar-refractivity contribution is 6.17. The quantitative estimate of drug-likeness (QED) is 0.237. The minimum atomic E-state index is -1.06. The summed E-state index contributed by atoms with van der Waals surface area (Å²) in [4.78, 5) is 39.0. The predicted octanol–water partition coefficient (Wildman–Crippen LogP) is 4.51. The molecule has 11 heteroatoms. The fraction of sp³-hybridized carbons (Fsp3) is 0.296. The SMILES string of the molecule is COC(=O)Oc1cc(OC(=O)OC)c2c(c1)O/C(=C\c1cn(CCCN(C)C)c3ccc(OC)cc13)C2=O. The van der Waals surface area contributed by atoms with E-state index in [0.29, 0.717) is 5.75 Å². The molecular formula is C27H28N2O9. The summed E-state index contributed by atoms with van der Waals surface area (Å²) in [5.74, 6) is -0.0300. The van der Waals surface area contributed by atoms with Crippen molar-refractivity contribution in [2.45, 2.75) is 13.0 Å². The molecule has 0 unspecified atom stereocenters. The van der Waals surface area contributed by atoms with Crippen LogP contribution in [0.15, 0.2) is 42.3 Å². The van der Waals surface area contributed by atoms with Crippen LogP contribution in [-0.2, 0) is 16.0 Å². The second-order valence-electron chi connectivity index (χ2n) is 8.66. The van der Waals surface area contributed by atoms with Gasteiger partial charge in [-0.3, -0.25) is 4.79 Å². The molecule has 0 amide bonds. The lowest BCUT2D eigenvalue weighted by Crippen LogP contribution is -2.14. The molecule has 38 heavy (non-hydrogen) atoms. The summed E-state index contributed by atoms with van der Waals surface area (Å²) in [6.07, 6.45) is 2.45. The van der Waals surface area contributed by atoms with E-state index in [-0.39, 0.29) is 28.6 Å². The number of ketones is 1. The third kappa shape index (κ3) is 5.57. The molecule has 2 aromatic carbocycles. The number of methoxy groups -OCH3 is 3. The van der Waals surface area contributed by atoms with Crippen LogP contribution in [0.1, 0.15) is 22.3 Å². The number of rotatable bonds is 8. The van der Waals surface area contributed by atoms with E-state index in [1.54, 1.807) is 13.2 Å². The van der Waals surface area contributed by atoms with Crippen molar-refractivity contribution < 1.29 is 42.8 Å². The third-order valence-corrected chi connectivity index (χ3v) is 5.85. The lowest BCUT2D eigenvalue weighted by atomic mass is 10.1. The summed E-state index contributed by atoms with van der Waals surface area (Å²) in [5.41, 5.74) is 1.70. The van der Waals surface area contributed by atoms with Gasteiger partial charge >= 0.3 is 12.3 Å². The van der Waals surface area contributed by atoms with Gasteiger partial charge in [-0.25, -0.2) is 9.59 Å². The molecule has 1 aliphatic heterocycles. The minimum absolute atomic E-state index is 0.0000882. The number of allylic oxidation sites excluding steroid dienone is 1. The van der Waals surface area contributed by atoms with E-state index in [1.165, 1.54) is 12.1 Å². The number of hydrogen-bond acceptors (Lipinski definition) is 10. The van der Waals surface area contributed by atoms with Gasteiger partial charge in [-0.1, -0.05) is 0 Å². The van der Waals surface area contributed by atoms with Crippen molar-refractivity contribution in [3.8, 4) is 23.0 Å². The Balaban J connectivity index is 1.75. The van der Waals surface area contributed by atoms with Crippen molar-refractivity contribution >= 4 is 35.1 Å². The van der Waals surface area contributed by atoms with Gasteiger partial charge in [0.25, 0.3) is 0 Å².